The maximum absolute atomic E-state index is 12.0. The van der Waals surface area contributed by atoms with Gasteiger partial charge in [0.05, 0.1) is 22.7 Å². The number of hydrogen-bond donors (Lipinski definition) is 4. The minimum atomic E-state index is -4.69. The lowest BCUT2D eigenvalue weighted by Crippen LogP contribution is -2.05. The molecule has 0 atom stereocenters. The first kappa shape index (κ1) is 26.9. The molecule has 0 bridgehead atoms. The molecule has 11 heteroatoms. The second kappa shape index (κ2) is 12.3. The van der Waals surface area contributed by atoms with Crippen LogP contribution in [0.5, 0.6) is 0 Å². The van der Waals surface area contributed by atoms with Gasteiger partial charge < -0.3 is 16.6 Å². The highest BCUT2D eigenvalue weighted by molar-refractivity contribution is 7.86. The van der Waals surface area contributed by atoms with Crippen LogP contribution >= 0.6 is 0 Å². The summed E-state index contributed by atoms with van der Waals surface area (Å²) in [6.07, 6.45) is 4.64. The zero-order valence-corrected chi connectivity index (χ0v) is 20.8. The van der Waals surface area contributed by atoms with E-state index >= 15 is 0 Å². The van der Waals surface area contributed by atoms with Crippen LogP contribution in [0.4, 0.5) is 34.1 Å². The van der Waals surface area contributed by atoms with Gasteiger partial charge >= 0.3 is 0 Å². The minimum Gasteiger partial charge on any atom is -0.396 e. The van der Waals surface area contributed by atoms with Crippen LogP contribution in [-0.4, -0.2) is 24.7 Å². The van der Waals surface area contributed by atoms with E-state index in [-0.39, 0.29) is 29.4 Å². The molecule has 0 radical (unpaired) electrons. The number of benzene rings is 3. The van der Waals surface area contributed by atoms with Crippen LogP contribution < -0.4 is 11.5 Å². The Kier molecular flexibility index (Phi) is 9.23. The first-order valence-electron chi connectivity index (χ1n) is 11.5. The number of nitrogens with zero attached hydrogens (tertiary/aromatic N) is 4. The van der Waals surface area contributed by atoms with Crippen molar-refractivity contribution in [1.82, 2.24) is 0 Å². The Morgan fingerprint density at radius 3 is 2.25 bits per heavy atom. The van der Waals surface area contributed by atoms with Gasteiger partial charge in [-0.15, -0.1) is 10.2 Å². The van der Waals surface area contributed by atoms with Crippen molar-refractivity contribution in [3.63, 3.8) is 0 Å². The Balaban J connectivity index is 1.93. The monoisotopic (exact) mass is 510 g/mol. The summed E-state index contributed by atoms with van der Waals surface area (Å²) < 4.78 is 33.6. The zero-order valence-electron chi connectivity index (χ0n) is 20.0. The van der Waals surface area contributed by atoms with Crippen molar-refractivity contribution in [1.29, 1.82) is 0 Å². The van der Waals surface area contributed by atoms with E-state index in [1.54, 1.807) is 18.2 Å². The van der Waals surface area contributed by atoms with Crippen LogP contribution in [0.15, 0.2) is 79.9 Å². The Bertz CT molecular complexity index is 1370. The summed E-state index contributed by atoms with van der Waals surface area (Å²) in [5.41, 5.74) is 14.7. The van der Waals surface area contributed by atoms with E-state index in [9.17, 15) is 13.0 Å². The highest BCUT2D eigenvalue weighted by Gasteiger charge is 2.22. The number of aliphatic hydroxyl groups excluding tert-OH is 1. The van der Waals surface area contributed by atoms with Gasteiger partial charge in [0.25, 0.3) is 10.1 Å². The van der Waals surface area contributed by atoms with Crippen molar-refractivity contribution in [2.75, 3.05) is 18.1 Å². The predicted molar refractivity (Wildman–Crippen MR) is 140 cm³/mol. The molecule has 0 saturated carbocycles. The number of rotatable bonds is 11. The molecule has 0 saturated heterocycles. The van der Waals surface area contributed by atoms with Crippen molar-refractivity contribution < 1.29 is 18.1 Å². The molecule has 0 spiro atoms. The van der Waals surface area contributed by atoms with Crippen LogP contribution in [0, 0.1) is 6.92 Å². The Morgan fingerprint density at radius 1 is 0.806 bits per heavy atom. The highest BCUT2D eigenvalue weighted by atomic mass is 32.2. The number of hydrogen-bond acceptors (Lipinski definition) is 9. The first-order chi connectivity index (χ1) is 17.2. The van der Waals surface area contributed by atoms with Crippen molar-refractivity contribution in [2.45, 2.75) is 43.9 Å². The smallest absolute Gasteiger partial charge is 0.296 e. The average Bonchev–Trinajstić information content (AvgIpc) is 2.84. The van der Waals surface area contributed by atoms with Gasteiger partial charge in [0.2, 0.25) is 0 Å². The zero-order chi connectivity index (χ0) is 26.1. The van der Waals surface area contributed by atoms with Gasteiger partial charge in [0.15, 0.2) is 0 Å². The van der Waals surface area contributed by atoms with Gasteiger partial charge in [-0.2, -0.15) is 18.6 Å². The fraction of sp³-hybridized carbons (Fsp3) is 0.280. The van der Waals surface area contributed by atoms with Crippen LogP contribution in [0.25, 0.3) is 0 Å². The van der Waals surface area contributed by atoms with Crippen LogP contribution in [0.2, 0.25) is 0 Å². The molecular formula is C25H30N6O4S. The molecule has 3 rings (SSSR count). The van der Waals surface area contributed by atoms with Crippen molar-refractivity contribution in [2.24, 2.45) is 20.5 Å². The van der Waals surface area contributed by atoms with Crippen molar-refractivity contribution in [3.8, 4) is 0 Å². The summed E-state index contributed by atoms with van der Waals surface area (Å²) >= 11 is 0. The van der Waals surface area contributed by atoms with E-state index in [2.05, 4.69) is 20.5 Å². The van der Waals surface area contributed by atoms with Gasteiger partial charge in [-0.25, -0.2) is 0 Å². The number of aryl methyl sites for hydroxylation is 2. The molecule has 0 heterocycles. The van der Waals surface area contributed by atoms with E-state index in [4.69, 9.17) is 16.6 Å². The van der Waals surface area contributed by atoms with Crippen molar-refractivity contribution in [3.05, 3.63) is 65.7 Å². The summed E-state index contributed by atoms with van der Waals surface area (Å²) in [6, 6.07) is 15.8. The second-order valence-electron chi connectivity index (χ2n) is 8.29. The maximum Gasteiger partial charge on any atom is 0.296 e. The van der Waals surface area contributed by atoms with Crippen LogP contribution in [0.1, 0.15) is 36.8 Å². The van der Waals surface area contributed by atoms with Crippen molar-refractivity contribution >= 4 is 44.2 Å². The van der Waals surface area contributed by atoms with Gasteiger partial charge in [0, 0.05) is 6.61 Å². The number of nitrogens with two attached hydrogens (primary N) is 2. The molecule has 3 aromatic carbocycles. The lowest BCUT2D eigenvalue weighted by atomic mass is 10.1. The van der Waals surface area contributed by atoms with Gasteiger partial charge in [0.1, 0.15) is 16.3 Å². The molecule has 0 aliphatic heterocycles. The summed E-state index contributed by atoms with van der Waals surface area (Å²) in [5, 5.41) is 25.4. The molecule has 36 heavy (non-hydrogen) atoms. The van der Waals surface area contributed by atoms with Gasteiger partial charge in [-0.3, -0.25) is 4.55 Å². The number of nitrogen functional groups attached to an aromatic ring is 2. The molecule has 6 N–H and O–H groups in total. The SMILES string of the molecule is Cc1ccccc1N=Nc1c(N)c(N=Nc2cccc(CCCCCCO)c2)cc(S(=O)(=O)O)c1N. The lowest BCUT2D eigenvalue weighted by molar-refractivity contribution is 0.282. The molecule has 0 aliphatic rings. The molecule has 0 unspecified atom stereocenters. The Hall–Kier alpha value is -3.67. The summed E-state index contributed by atoms with van der Waals surface area (Å²) in [7, 11) is -4.69. The maximum atomic E-state index is 12.0. The van der Waals surface area contributed by atoms with Crippen LogP contribution in [-0.2, 0) is 16.5 Å². The third-order valence-corrected chi connectivity index (χ3v) is 6.42. The first-order valence-corrected chi connectivity index (χ1v) is 12.9. The van der Waals surface area contributed by atoms with Crippen LogP contribution in [0.3, 0.4) is 0 Å². The second-order valence-corrected chi connectivity index (χ2v) is 9.68. The molecule has 0 aromatic heterocycles. The van der Waals surface area contributed by atoms with E-state index < -0.39 is 15.0 Å². The molecule has 10 nitrogen and oxygen atoms in total. The number of azo groups is 2. The minimum absolute atomic E-state index is 0.0232. The Morgan fingerprint density at radius 2 is 1.53 bits per heavy atom. The molecule has 3 aromatic rings. The molecular weight excluding hydrogens is 480 g/mol. The molecule has 0 fully saturated rings. The third kappa shape index (κ3) is 7.17. The van der Waals surface area contributed by atoms with E-state index in [0.717, 1.165) is 49.3 Å². The number of aliphatic hydroxyl groups is 1. The fourth-order valence-corrected chi connectivity index (χ4v) is 4.16. The van der Waals surface area contributed by atoms with E-state index in [0.29, 0.717) is 11.4 Å². The topological polar surface area (TPSA) is 176 Å². The largest absolute Gasteiger partial charge is 0.396 e. The number of anilines is 2. The summed E-state index contributed by atoms with van der Waals surface area (Å²) in [5.74, 6) is 0. The standard InChI is InChI=1S/C25H30N6O4S/c1-17-9-5-6-13-20(17)29-31-25-23(26)21(16-22(24(25)27)36(33,34)35)30-28-19-12-8-11-18(15-19)10-4-2-3-7-14-32/h5-6,8-9,11-13,15-16,32H,2-4,7,10,14,26-27H2,1H3,(H,33,34,35). The summed E-state index contributed by atoms with van der Waals surface area (Å²) in [6.45, 7) is 2.05. The number of unbranched alkanes of at least 4 members (excludes halogenated alkanes) is 3. The van der Waals surface area contributed by atoms with E-state index in [1.165, 1.54) is 0 Å². The predicted octanol–water partition coefficient (Wildman–Crippen LogP) is 6.33. The highest BCUT2D eigenvalue weighted by Crippen LogP contribution is 2.43. The lowest BCUT2D eigenvalue weighted by Gasteiger charge is -2.10. The van der Waals surface area contributed by atoms with Gasteiger partial charge in [-0.05, 0) is 61.6 Å². The quantitative estimate of drug-likeness (QED) is 0.101. The molecule has 190 valence electrons. The van der Waals surface area contributed by atoms with Gasteiger partial charge in [-0.1, -0.05) is 43.2 Å². The molecule has 0 amide bonds. The summed E-state index contributed by atoms with van der Waals surface area (Å²) in [4.78, 5) is -0.582. The Labute approximate surface area is 210 Å². The van der Waals surface area contributed by atoms with E-state index in [1.807, 2.05) is 37.3 Å². The average molecular weight is 511 g/mol. The fourth-order valence-electron chi connectivity index (χ4n) is 3.53. The normalized spacial score (nSPS) is 12.1. The third-order valence-electron chi connectivity index (χ3n) is 5.53. The molecule has 0 aliphatic carbocycles.